The lowest BCUT2D eigenvalue weighted by molar-refractivity contribution is 0.0553. The second kappa shape index (κ2) is 10.9. The van der Waals surface area contributed by atoms with Gasteiger partial charge in [0.2, 0.25) is 0 Å². The largest absolute Gasteiger partial charge is 0.381 e. The maximum Gasteiger partial charge on any atom is 0.153 e. The summed E-state index contributed by atoms with van der Waals surface area (Å²) in [6, 6.07) is 33.3. The van der Waals surface area contributed by atoms with Gasteiger partial charge in [-0.25, -0.2) is 8.42 Å². The highest BCUT2D eigenvalue weighted by Crippen LogP contribution is 2.48. The average molecular weight is 579 g/mol. The average Bonchev–Trinajstić information content (AvgIpc) is 3.29. The van der Waals surface area contributed by atoms with E-state index < -0.39 is 9.84 Å². The third-order valence-corrected chi connectivity index (χ3v) is 11.2. The lowest BCUT2D eigenvalue weighted by atomic mass is 9.75. The smallest absolute Gasteiger partial charge is 0.153 e. The molecule has 0 aliphatic carbocycles. The van der Waals surface area contributed by atoms with Gasteiger partial charge in [0.1, 0.15) is 0 Å². The Kier molecular flexibility index (Phi) is 7.07. The quantitative estimate of drug-likeness (QED) is 0.266. The van der Waals surface area contributed by atoms with Crippen molar-refractivity contribution in [2.24, 2.45) is 0 Å². The van der Waals surface area contributed by atoms with Crippen LogP contribution in [0.1, 0.15) is 29.5 Å². The third kappa shape index (κ3) is 5.23. The summed E-state index contributed by atoms with van der Waals surface area (Å²) >= 11 is 0. The Balaban J connectivity index is 1.14. The van der Waals surface area contributed by atoms with Gasteiger partial charge in [0.15, 0.2) is 9.84 Å². The van der Waals surface area contributed by atoms with Gasteiger partial charge in [0, 0.05) is 56.2 Å². The Bertz CT molecular complexity index is 1680. The molecule has 0 amide bonds. The van der Waals surface area contributed by atoms with Gasteiger partial charge in [-0.2, -0.15) is 0 Å². The van der Waals surface area contributed by atoms with E-state index in [4.69, 9.17) is 4.74 Å². The molecular weight excluding hydrogens is 540 g/mol. The summed E-state index contributed by atoms with van der Waals surface area (Å²) in [6.07, 6.45) is 2.09. The molecule has 2 fully saturated rings. The highest BCUT2D eigenvalue weighted by Gasteiger charge is 2.43. The molecule has 0 bridgehead atoms. The predicted octanol–water partition coefficient (Wildman–Crippen LogP) is 6.63. The molecule has 2 saturated heterocycles. The molecule has 7 rings (SSSR count). The van der Waals surface area contributed by atoms with Crippen molar-refractivity contribution >= 4 is 21.2 Å². The second-order valence-electron chi connectivity index (χ2n) is 12.2. The summed E-state index contributed by atoms with van der Waals surface area (Å²) in [5, 5.41) is 0. The van der Waals surface area contributed by atoms with Crippen LogP contribution in [-0.2, 0) is 26.5 Å². The molecule has 4 aromatic rings. The van der Waals surface area contributed by atoms with Crippen molar-refractivity contribution in [1.29, 1.82) is 0 Å². The summed E-state index contributed by atoms with van der Waals surface area (Å²) in [6.45, 7) is 6.79. The SMILES string of the molecule is Cc1ccccc1-c1ccc(-c2ccc3c(c2)C2(CCOCC2)CN3Cc2ccc(N3CCS(=O)(=O)CC3)cc2)cc1. The van der Waals surface area contributed by atoms with Gasteiger partial charge in [0.05, 0.1) is 11.5 Å². The van der Waals surface area contributed by atoms with Gasteiger partial charge in [0.25, 0.3) is 0 Å². The zero-order chi connectivity index (χ0) is 28.7. The van der Waals surface area contributed by atoms with Crippen molar-refractivity contribution in [3.05, 3.63) is 108 Å². The second-order valence-corrected chi connectivity index (χ2v) is 14.5. The van der Waals surface area contributed by atoms with E-state index in [1.54, 1.807) is 0 Å². The van der Waals surface area contributed by atoms with E-state index in [0.29, 0.717) is 13.1 Å². The number of hydrogen-bond acceptors (Lipinski definition) is 5. The Morgan fingerprint density at radius 3 is 2.17 bits per heavy atom. The summed E-state index contributed by atoms with van der Waals surface area (Å²) in [7, 11) is -2.88. The fourth-order valence-electron chi connectivity index (χ4n) is 7.02. The van der Waals surface area contributed by atoms with Crippen LogP contribution in [0.2, 0.25) is 0 Å². The molecule has 0 atom stereocenters. The van der Waals surface area contributed by atoms with E-state index in [-0.39, 0.29) is 16.9 Å². The first-order valence-corrected chi connectivity index (χ1v) is 16.9. The number of anilines is 2. The predicted molar refractivity (Wildman–Crippen MR) is 172 cm³/mol. The standard InChI is InChI=1S/C36H38N2O3S/c1-27-4-2-3-5-33(27)30-10-8-29(9-11-30)31-12-15-35-34(24-31)36(16-20-41-21-17-36)26-38(35)25-28-6-13-32(14-7-28)37-18-22-42(39,40)23-19-37/h2-15,24H,16-23,25-26H2,1H3. The minimum Gasteiger partial charge on any atom is -0.381 e. The van der Waals surface area contributed by atoms with Crippen LogP contribution in [0.4, 0.5) is 11.4 Å². The number of benzene rings is 4. The molecule has 3 aliphatic rings. The molecule has 0 radical (unpaired) electrons. The summed E-state index contributed by atoms with van der Waals surface area (Å²) in [5.74, 6) is 0.480. The van der Waals surface area contributed by atoms with Gasteiger partial charge >= 0.3 is 0 Å². The molecule has 1 spiro atoms. The van der Waals surface area contributed by atoms with Crippen LogP contribution in [0.15, 0.2) is 91.0 Å². The highest BCUT2D eigenvalue weighted by molar-refractivity contribution is 7.91. The molecule has 216 valence electrons. The molecule has 0 saturated carbocycles. The van der Waals surface area contributed by atoms with Crippen molar-refractivity contribution in [2.75, 3.05) is 54.2 Å². The molecule has 42 heavy (non-hydrogen) atoms. The summed E-state index contributed by atoms with van der Waals surface area (Å²) in [4.78, 5) is 4.73. The molecule has 4 aromatic carbocycles. The number of hydrogen-bond donors (Lipinski definition) is 0. The molecule has 3 aliphatic heterocycles. The van der Waals surface area contributed by atoms with Crippen LogP contribution in [0.25, 0.3) is 22.3 Å². The molecule has 3 heterocycles. The van der Waals surface area contributed by atoms with E-state index in [9.17, 15) is 8.42 Å². The van der Waals surface area contributed by atoms with Crippen molar-refractivity contribution in [1.82, 2.24) is 0 Å². The number of fused-ring (bicyclic) bond motifs is 2. The van der Waals surface area contributed by atoms with E-state index in [1.165, 1.54) is 44.6 Å². The fraction of sp³-hybridized carbons (Fsp3) is 0.333. The van der Waals surface area contributed by atoms with Crippen LogP contribution in [-0.4, -0.2) is 52.8 Å². The molecule has 0 unspecified atom stereocenters. The Hall–Kier alpha value is -3.61. The first-order valence-electron chi connectivity index (χ1n) is 15.1. The first-order chi connectivity index (χ1) is 20.4. The lowest BCUT2D eigenvalue weighted by Crippen LogP contribution is -2.40. The summed E-state index contributed by atoms with van der Waals surface area (Å²) < 4.78 is 29.5. The molecule has 0 aromatic heterocycles. The lowest BCUT2D eigenvalue weighted by Gasteiger charge is -2.34. The number of ether oxygens (including phenoxy) is 1. The van der Waals surface area contributed by atoms with Crippen LogP contribution in [0.3, 0.4) is 0 Å². The zero-order valence-corrected chi connectivity index (χ0v) is 25.1. The highest BCUT2D eigenvalue weighted by atomic mass is 32.2. The molecule has 0 N–H and O–H groups in total. The van der Waals surface area contributed by atoms with E-state index in [0.717, 1.165) is 44.8 Å². The Morgan fingerprint density at radius 2 is 1.45 bits per heavy atom. The van der Waals surface area contributed by atoms with Crippen LogP contribution >= 0.6 is 0 Å². The van der Waals surface area contributed by atoms with E-state index in [1.807, 2.05) is 0 Å². The zero-order valence-electron chi connectivity index (χ0n) is 24.3. The number of sulfone groups is 1. The first kappa shape index (κ1) is 27.2. The normalized spacial score (nSPS) is 19.2. The topological polar surface area (TPSA) is 49.9 Å². The number of aryl methyl sites for hydroxylation is 1. The summed E-state index contributed by atoms with van der Waals surface area (Å²) in [5.41, 5.74) is 11.6. The van der Waals surface area contributed by atoms with Gasteiger partial charge in [-0.15, -0.1) is 0 Å². The van der Waals surface area contributed by atoms with Crippen LogP contribution in [0.5, 0.6) is 0 Å². The minimum absolute atomic E-state index is 0.115. The van der Waals surface area contributed by atoms with Gasteiger partial charge in [-0.05, 0) is 83.0 Å². The monoisotopic (exact) mass is 578 g/mol. The molecule has 6 heteroatoms. The minimum atomic E-state index is -2.88. The van der Waals surface area contributed by atoms with E-state index in [2.05, 4.69) is 108 Å². The van der Waals surface area contributed by atoms with E-state index >= 15 is 0 Å². The van der Waals surface area contributed by atoms with Crippen LogP contribution < -0.4 is 9.80 Å². The molecule has 5 nitrogen and oxygen atoms in total. The van der Waals surface area contributed by atoms with Crippen molar-refractivity contribution in [3.63, 3.8) is 0 Å². The Labute approximate surface area is 249 Å². The van der Waals surface area contributed by atoms with Crippen molar-refractivity contribution < 1.29 is 13.2 Å². The third-order valence-electron chi connectivity index (χ3n) is 9.55. The number of rotatable bonds is 5. The van der Waals surface area contributed by atoms with Gasteiger partial charge in [-0.3, -0.25) is 0 Å². The molecular formula is C36H38N2O3S. The maximum absolute atomic E-state index is 11.8. The van der Waals surface area contributed by atoms with Crippen LogP contribution in [0, 0.1) is 6.92 Å². The van der Waals surface area contributed by atoms with Crippen molar-refractivity contribution in [2.45, 2.75) is 31.7 Å². The van der Waals surface area contributed by atoms with Crippen molar-refractivity contribution in [3.8, 4) is 22.3 Å². The fourth-order valence-corrected chi connectivity index (χ4v) is 8.23. The van der Waals surface area contributed by atoms with Gasteiger partial charge in [-0.1, -0.05) is 66.7 Å². The Morgan fingerprint density at radius 1 is 0.786 bits per heavy atom. The van der Waals surface area contributed by atoms with Gasteiger partial charge < -0.3 is 14.5 Å². The maximum atomic E-state index is 11.8. The number of nitrogens with zero attached hydrogens (tertiary/aromatic N) is 2.